The Labute approximate surface area is 278 Å². The number of nitrogens with one attached hydrogen (secondary N) is 2. The summed E-state index contributed by atoms with van der Waals surface area (Å²) in [5.41, 5.74) is -3.38. The molecule has 0 aliphatic carbocycles. The number of carbonyl (C=O) groups excluding carboxylic acids is 1. The Hall–Kier alpha value is -4.92. The number of aromatic nitrogens is 2. The highest BCUT2D eigenvalue weighted by Crippen LogP contribution is 2.52. The number of hydrogen-bond donors (Lipinski definition) is 4. The van der Waals surface area contributed by atoms with E-state index in [1.54, 1.807) is 84.2 Å². The van der Waals surface area contributed by atoms with E-state index in [1.165, 1.54) is 14.2 Å². The molecule has 3 aromatic carbocycles. The summed E-state index contributed by atoms with van der Waals surface area (Å²) in [7, 11) is 2.96. The molecule has 14 heteroatoms. The first-order valence-corrected chi connectivity index (χ1v) is 15.4. The molecule has 0 saturated carbocycles. The Balaban J connectivity index is 1.68. The number of H-pyrrole nitrogens is 1. The van der Waals surface area contributed by atoms with Gasteiger partial charge in [-0.05, 0) is 30.5 Å². The standard InChI is InChI=1S/C35H36F3N3O8/c1-47-26-15-8-6-13-23(26)34(22-11-4-3-5-12-22,24-14-7-9-16-27(24)48-2)30(44)29-25(42)21-33(49-29,41-20-17-28(43)40-32(41)46)18-10-19-39-31(45)35(36,37)38/h3-9,11-17,20,25,29-30,42,44H,10,18-19,21H2,1-2H3,(H,39,45)(H,40,43,46)/t25-,29-,30?,33+/m0/s1. The van der Waals surface area contributed by atoms with Crippen molar-refractivity contribution in [2.45, 2.75) is 54.9 Å². The van der Waals surface area contributed by atoms with Crippen molar-refractivity contribution in [3.63, 3.8) is 0 Å². The summed E-state index contributed by atoms with van der Waals surface area (Å²) in [4.78, 5) is 38.7. The van der Waals surface area contributed by atoms with Gasteiger partial charge in [-0.2, -0.15) is 13.2 Å². The van der Waals surface area contributed by atoms with Gasteiger partial charge in [0.25, 0.3) is 5.56 Å². The number of amides is 1. The van der Waals surface area contributed by atoms with Crippen LogP contribution in [-0.4, -0.2) is 70.9 Å². The number of ether oxygens (including phenoxy) is 3. The zero-order chi connectivity index (χ0) is 35.4. The zero-order valence-electron chi connectivity index (χ0n) is 26.6. The van der Waals surface area contributed by atoms with Gasteiger partial charge in [-0.15, -0.1) is 0 Å². The highest BCUT2D eigenvalue weighted by Gasteiger charge is 2.57. The maximum absolute atomic E-state index is 13.1. The summed E-state index contributed by atoms with van der Waals surface area (Å²) in [6, 6.07) is 24.1. The van der Waals surface area contributed by atoms with E-state index in [-0.39, 0.29) is 19.3 Å². The molecule has 5 rings (SSSR count). The van der Waals surface area contributed by atoms with E-state index >= 15 is 0 Å². The van der Waals surface area contributed by atoms with Gasteiger partial charge in [0.15, 0.2) is 5.72 Å². The Morgan fingerprint density at radius 3 is 2.10 bits per heavy atom. The van der Waals surface area contributed by atoms with Crippen molar-refractivity contribution >= 4 is 5.91 Å². The first kappa shape index (κ1) is 35.4. The number of aromatic amines is 1. The minimum absolute atomic E-state index is 0.133. The first-order valence-electron chi connectivity index (χ1n) is 15.4. The van der Waals surface area contributed by atoms with Crippen molar-refractivity contribution in [1.29, 1.82) is 0 Å². The summed E-state index contributed by atoms with van der Waals surface area (Å²) in [6.07, 6.45) is -9.11. The second-order valence-corrected chi connectivity index (χ2v) is 11.7. The molecule has 4 atom stereocenters. The highest BCUT2D eigenvalue weighted by atomic mass is 19.4. The summed E-state index contributed by atoms with van der Waals surface area (Å²) in [6.45, 7) is -0.443. The monoisotopic (exact) mass is 683 g/mol. The fourth-order valence-electron chi connectivity index (χ4n) is 6.77. The summed E-state index contributed by atoms with van der Waals surface area (Å²) >= 11 is 0. The quantitative estimate of drug-likeness (QED) is 0.131. The second-order valence-electron chi connectivity index (χ2n) is 11.7. The molecule has 1 aromatic heterocycles. The van der Waals surface area contributed by atoms with Crippen molar-refractivity contribution in [2.75, 3.05) is 20.8 Å². The molecular formula is C35H36F3N3O8. The predicted molar refractivity (Wildman–Crippen MR) is 171 cm³/mol. The van der Waals surface area contributed by atoms with E-state index in [9.17, 15) is 37.8 Å². The van der Waals surface area contributed by atoms with Gasteiger partial charge in [-0.3, -0.25) is 19.1 Å². The molecule has 1 amide bonds. The molecule has 4 N–H and O–H groups in total. The van der Waals surface area contributed by atoms with Gasteiger partial charge in [0, 0.05) is 36.4 Å². The summed E-state index contributed by atoms with van der Waals surface area (Å²) in [5, 5.41) is 26.4. The topological polar surface area (TPSA) is 152 Å². The van der Waals surface area contributed by atoms with Crippen LogP contribution in [-0.2, 0) is 20.7 Å². The normalized spacial score (nSPS) is 20.1. The lowest BCUT2D eigenvalue weighted by molar-refractivity contribution is -0.173. The van der Waals surface area contributed by atoms with Crippen LogP contribution in [0.3, 0.4) is 0 Å². The largest absolute Gasteiger partial charge is 0.496 e. The summed E-state index contributed by atoms with van der Waals surface area (Å²) in [5.74, 6) is -1.34. The number of rotatable bonds is 12. The van der Waals surface area contributed by atoms with Gasteiger partial charge >= 0.3 is 17.8 Å². The number of nitrogens with zero attached hydrogens (tertiary/aromatic N) is 1. The maximum Gasteiger partial charge on any atom is 0.471 e. The van der Waals surface area contributed by atoms with Gasteiger partial charge < -0.3 is 29.7 Å². The van der Waals surface area contributed by atoms with Gasteiger partial charge in [-0.25, -0.2) is 4.79 Å². The van der Waals surface area contributed by atoms with Crippen molar-refractivity contribution < 1.29 is 42.4 Å². The molecule has 2 heterocycles. The molecule has 1 aliphatic rings. The Morgan fingerprint density at radius 1 is 0.980 bits per heavy atom. The van der Waals surface area contributed by atoms with Crippen molar-refractivity contribution in [2.24, 2.45) is 0 Å². The average Bonchev–Trinajstić information content (AvgIpc) is 3.43. The van der Waals surface area contributed by atoms with Gasteiger partial charge in [0.1, 0.15) is 23.7 Å². The molecule has 11 nitrogen and oxygen atoms in total. The predicted octanol–water partition coefficient (Wildman–Crippen LogP) is 3.21. The lowest BCUT2D eigenvalue weighted by Crippen LogP contribution is -2.52. The Bertz CT molecular complexity index is 1830. The van der Waals surface area contributed by atoms with Crippen LogP contribution in [0.2, 0.25) is 0 Å². The SMILES string of the molecule is COc1ccccc1C(c1ccccc1)(c1ccccc1OC)C(O)[C@H]1O[C@@](CCCNC(=O)C(F)(F)F)(n2ccc(=O)[nH]c2=O)C[C@@H]1O. The van der Waals surface area contributed by atoms with Gasteiger partial charge in [-0.1, -0.05) is 66.7 Å². The Morgan fingerprint density at radius 2 is 1.55 bits per heavy atom. The molecule has 0 bridgehead atoms. The lowest BCUT2D eigenvalue weighted by Gasteiger charge is -2.44. The number of para-hydroxylation sites is 2. The minimum Gasteiger partial charge on any atom is -0.496 e. The van der Waals surface area contributed by atoms with E-state index in [2.05, 4.69) is 4.98 Å². The maximum atomic E-state index is 13.1. The second kappa shape index (κ2) is 14.3. The van der Waals surface area contributed by atoms with Crippen LogP contribution in [0.15, 0.2) is 101 Å². The molecule has 0 radical (unpaired) electrons. The Kier molecular flexibility index (Phi) is 10.3. The number of aliphatic hydroxyl groups excluding tert-OH is 2. The third kappa shape index (κ3) is 6.71. The van der Waals surface area contributed by atoms with Crippen LogP contribution in [0.5, 0.6) is 11.5 Å². The van der Waals surface area contributed by atoms with Crippen LogP contribution in [0, 0.1) is 0 Å². The molecule has 1 saturated heterocycles. The van der Waals surface area contributed by atoms with Gasteiger partial charge in [0.05, 0.1) is 25.7 Å². The highest BCUT2D eigenvalue weighted by molar-refractivity contribution is 5.81. The van der Waals surface area contributed by atoms with Crippen LogP contribution < -0.4 is 26.0 Å². The third-order valence-corrected chi connectivity index (χ3v) is 8.86. The van der Waals surface area contributed by atoms with Crippen LogP contribution in [0.1, 0.15) is 36.0 Å². The number of benzene rings is 3. The van der Waals surface area contributed by atoms with E-state index in [0.717, 1.165) is 16.8 Å². The molecule has 1 unspecified atom stereocenters. The van der Waals surface area contributed by atoms with Crippen molar-refractivity contribution in [3.05, 3.63) is 129 Å². The molecule has 1 aliphatic heterocycles. The number of aliphatic hydroxyl groups is 2. The molecule has 49 heavy (non-hydrogen) atoms. The van der Waals surface area contributed by atoms with Crippen LogP contribution in [0.4, 0.5) is 13.2 Å². The van der Waals surface area contributed by atoms with E-state index in [1.807, 2.05) is 0 Å². The van der Waals surface area contributed by atoms with E-state index in [4.69, 9.17) is 14.2 Å². The van der Waals surface area contributed by atoms with Crippen LogP contribution in [0.25, 0.3) is 0 Å². The minimum atomic E-state index is -5.10. The van der Waals surface area contributed by atoms with Gasteiger partial charge in [0.2, 0.25) is 0 Å². The van der Waals surface area contributed by atoms with Crippen molar-refractivity contribution in [3.8, 4) is 11.5 Å². The number of halogens is 3. The molecule has 4 aromatic rings. The fraction of sp³-hybridized carbons (Fsp3) is 0.343. The third-order valence-electron chi connectivity index (χ3n) is 8.86. The average molecular weight is 684 g/mol. The molecular weight excluding hydrogens is 647 g/mol. The lowest BCUT2D eigenvalue weighted by atomic mass is 9.63. The van der Waals surface area contributed by atoms with E-state index in [0.29, 0.717) is 28.2 Å². The van der Waals surface area contributed by atoms with Crippen LogP contribution >= 0.6 is 0 Å². The van der Waals surface area contributed by atoms with E-state index < -0.39 is 59.3 Å². The zero-order valence-corrected chi connectivity index (χ0v) is 26.6. The molecule has 0 spiro atoms. The smallest absolute Gasteiger partial charge is 0.471 e. The molecule has 260 valence electrons. The number of alkyl halides is 3. The number of carbonyl (C=O) groups is 1. The first-order chi connectivity index (χ1) is 23.4. The fourth-order valence-corrected chi connectivity index (χ4v) is 6.77. The number of methoxy groups -OCH3 is 2. The molecule has 1 fully saturated rings. The van der Waals surface area contributed by atoms with Crippen molar-refractivity contribution in [1.82, 2.24) is 14.9 Å². The number of hydrogen-bond acceptors (Lipinski definition) is 8. The summed E-state index contributed by atoms with van der Waals surface area (Å²) < 4.78 is 57.7.